The second kappa shape index (κ2) is 9.56. The van der Waals surface area contributed by atoms with Gasteiger partial charge in [-0.3, -0.25) is 14.8 Å². The number of hydrogen-bond donors (Lipinski definition) is 2. The van der Waals surface area contributed by atoms with Crippen molar-refractivity contribution in [1.29, 1.82) is 0 Å². The van der Waals surface area contributed by atoms with Gasteiger partial charge in [-0.1, -0.05) is 0 Å². The number of likely N-dealkylation sites (tertiary alicyclic amines) is 1. The largest absolute Gasteiger partial charge is 0.506 e. The van der Waals surface area contributed by atoms with Crippen LogP contribution < -0.4 is 10.9 Å². The highest BCUT2D eigenvalue weighted by atomic mass is 16.3. The molecule has 8 nitrogen and oxygen atoms in total. The second-order valence-electron chi connectivity index (χ2n) is 8.48. The second-order valence-corrected chi connectivity index (χ2v) is 8.48. The minimum Gasteiger partial charge on any atom is -0.506 e. The molecule has 0 amide bonds. The number of rotatable bonds is 7. The Hall–Kier alpha value is -3.49. The molecule has 0 radical (unpaired) electrons. The van der Waals surface area contributed by atoms with Crippen LogP contribution in [0.5, 0.6) is 5.75 Å². The van der Waals surface area contributed by atoms with Crippen molar-refractivity contribution in [3.8, 4) is 17.1 Å². The van der Waals surface area contributed by atoms with Gasteiger partial charge in [0.05, 0.1) is 23.5 Å². The van der Waals surface area contributed by atoms with E-state index >= 15 is 0 Å². The molecule has 1 fully saturated rings. The van der Waals surface area contributed by atoms with E-state index in [-0.39, 0.29) is 11.3 Å². The zero-order valence-electron chi connectivity index (χ0n) is 18.4. The quantitative estimate of drug-likeness (QED) is 0.451. The van der Waals surface area contributed by atoms with Crippen LogP contribution in [0.4, 0.5) is 0 Å². The lowest BCUT2D eigenvalue weighted by molar-refractivity contribution is 0.191. The van der Waals surface area contributed by atoms with E-state index in [9.17, 15) is 9.90 Å². The fraction of sp³-hybridized carbons (Fsp3) is 0.320. The average Bonchev–Trinajstić information content (AvgIpc) is 3.38. The molecule has 4 aromatic rings. The third-order valence-electron chi connectivity index (χ3n) is 6.25. The van der Waals surface area contributed by atoms with Crippen LogP contribution in [0, 0.1) is 0 Å². The summed E-state index contributed by atoms with van der Waals surface area (Å²) in [4.78, 5) is 23.3. The van der Waals surface area contributed by atoms with Crippen LogP contribution in [-0.2, 0) is 13.1 Å². The molecular formula is C25H27N5O3. The highest BCUT2D eigenvalue weighted by Gasteiger charge is 2.19. The first-order chi connectivity index (χ1) is 16.2. The average molecular weight is 446 g/mol. The SMILES string of the molecule is O=c1ccc2ncc(O)cc2n1CCN1CCC(NCc2cncc(-c3ccco3)c2)CC1. The van der Waals surface area contributed by atoms with E-state index in [1.54, 1.807) is 23.0 Å². The summed E-state index contributed by atoms with van der Waals surface area (Å²) in [7, 11) is 0. The standard InChI is InChI=1S/C25H27N5O3/c31-21-13-23-22(28-17-21)3-4-25(32)30(23)10-9-29-7-5-20(6-8-29)27-15-18-12-19(16-26-14-18)24-2-1-11-33-24/h1-4,11-14,16-17,20,27,31H,5-10,15H2. The molecule has 0 spiro atoms. The fourth-order valence-electron chi connectivity index (χ4n) is 4.41. The molecule has 4 aromatic heterocycles. The smallest absolute Gasteiger partial charge is 0.251 e. The minimum atomic E-state index is -0.0724. The van der Waals surface area contributed by atoms with Crippen molar-refractivity contribution in [3.63, 3.8) is 0 Å². The van der Waals surface area contributed by atoms with Crippen LogP contribution >= 0.6 is 0 Å². The summed E-state index contributed by atoms with van der Waals surface area (Å²) < 4.78 is 7.17. The molecule has 1 aliphatic rings. The Balaban J connectivity index is 1.13. The lowest BCUT2D eigenvalue weighted by Crippen LogP contribution is -2.43. The van der Waals surface area contributed by atoms with Gasteiger partial charge in [-0.2, -0.15) is 0 Å². The van der Waals surface area contributed by atoms with E-state index in [0.717, 1.165) is 55.9 Å². The minimum absolute atomic E-state index is 0.0682. The maximum atomic E-state index is 12.4. The number of piperidine rings is 1. The molecule has 1 aliphatic heterocycles. The summed E-state index contributed by atoms with van der Waals surface area (Å²) in [5.41, 5.74) is 3.43. The van der Waals surface area contributed by atoms with Crippen molar-refractivity contribution in [2.24, 2.45) is 0 Å². The summed E-state index contributed by atoms with van der Waals surface area (Å²) in [5.74, 6) is 0.896. The monoisotopic (exact) mass is 445 g/mol. The summed E-state index contributed by atoms with van der Waals surface area (Å²) in [6.07, 6.45) is 8.89. The van der Waals surface area contributed by atoms with Gasteiger partial charge in [0.25, 0.3) is 5.56 Å². The van der Waals surface area contributed by atoms with E-state index in [1.165, 1.54) is 12.3 Å². The number of hydrogen-bond acceptors (Lipinski definition) is 7. The Morgan fingerprint density at radius 2 is 1.97 bits per heavy atom. The van der Waals surface area contributed by atoms with Crippen molar-refractivity contribution < 1.29 is 9.52 Å². The zero-order chi connectivity index (χ0) is 22.6. The molecule has 0 saturated carbocycles. The molecule has 170 valence electrons. The number of nitrogens with one attached hydrogen (secondary N) is 1. The van der Waals surface area contributed by atoms with Gasteiger partial charge in [-0.15, -0.1) is 0 Å². The molecule has 33 heavy (non-hydrogen) atoms. The number of fused-ring (bicyclic) bond motifs is 1. The van der Waals surface area contributed by atoms with E-state index in [2.05, 4.69) is 26.3 Å². The van der Waals surface area contributed by atoms with Gasteiger partial charge in [-0.05, 0) is 55.8 Å². The molecule has 0 atom stereocenters. The van der Waals surface area contributed by atoms with Gasteiger partial charge < -0.3 is 24.3 Å². The van der Waals surface area contributed by atoms with E-state index in [1.807, 2.05) is 24.5 Å². The van der Waals surface area contributed by atoms with Crippen LogP contribution in [0.3, 0.4) is 0 Å². The Morgan fingerprint density at radius 1 is 1.09 bits per heavy atom. The molecule has 5 heterocycles. The van der Waals surface area contributed by atoms with Crippen molar-refractivity contribution in [3.05, 3.63) is 77.2 Å². The number of aromatic nitrogens is 3. The Bertz CT molecular complexity index is 1280. The number of furan rings is 1. The summed E-state index contributed by atoms with van der Waals surface area (Å²) >= 11 is 0. The molecule has 2 N–H and O–H groups in total. The van der Waals surface area contributed by atoms with Crippen molar-refractivity contribution >= 4 is 11.0 Å². The van der Waals surface area contributed by atoms with Gasteiger partial charge >= 0.3 is 0 Å². The maximum Gasteiger partial charge on any atom is 0.251 e. The van der Waals surface area contributed by atoms with Crippen molar-refractivity contribution in [2.45, 2.75) is 32.0 Å². The van der Waals surface area contributed by atoms with Crippen LogP contribution in [0.1, 0.15) is 18.4 Å². The highest BCUT2D eigenvalue weighted by molar-refractivity contribution is 5.75. The molecule has 8 heteroatoms. The fourth-order valence-corrected chi connectivity index (χ4v) is 4.41. The normalized spacial score (nSPS) is 15.3. The summed E-state index contributed by atoms with van der Waals surface area (Å²) in [6, 6.07) is 11.2. The zero-order valence-corrected chi connectivity index (χ0v) is 18.4. The van der Waals surface area contributed by atoms with Gasteiger partial charge in [0, 0.05) is 55.8 Å². The number of aromatic hydroxyl groups is 1. The Morgan fingerprint density at radius 3 is 2.79 bits per heavy atom. The lowest BCUT2D eigenvalue weighted by Gasteiger charge is -2.32. The predicted octanol–water partition coefficient (Wildman–Crippen LogP) is 3.01. The Labute approximate surface area is 191 Å². The first-order valence-corrected chi connectivity index (χ1v) is 11.3. The molecule has 0 aromatic carbocycles. The van der Waals surface area contributed by atoms with Crippen LogP contribution in [-0.4, -0.2) is 50.2 Å². The molecular weight excluding hydrogens is 418 g/mol. The lowest BCUT2D eigenvalue weighted by atomic mass is 10.0. The molecule has 1 saturated heterocycles. The molecule has 0 unspecified atom stereocenters. The third kappa shape index (κ3) is 4.97. The van der Waals surface area contributed by atoms with Gasteiger partial charge in [0.2, 0.25) is 0 Å². The number of nitrogens with zero attached hydrogens (tertiary/aromatic N) is 4. The maximum absolute atomic E-state index is 12.4. The van der Waals surface area contributed by atoms with Gasteiger partial charge in [-0.25, -0.2) is 0 Å². The van der Waals surface area contributed by atoms with Gasteiger partial charge in [0.1, 0.15) is 11.5 Å². The van der Waals surface area contributed by atoms with Crippen molar-refractivity contribution in [2.75, 3.05) is 19.6 Å². The van der Waals surface area contributed by atoms with Crippen LogP contribution in [0.25, 0.3) is 22.4 Å². The summed E-state index contributed by atoms with van der Waals surface area (Å²) in [5, 5.41) is 13.4. The van der Waals surface area contributed by atoms with Crippen LogP contribution in [0.15, 0.2) is 70.5 Å². The van der Waals surface area contributed by atoms with E-state index < -0.39 is 0 Å². The van der Waals surface area contributed by atoms with Crippen molar-refractivity contribution in [1.82, 2.24) is 24.8 Å². The molecule has 5 rings (SSSR count). The molecule has 0 bridgehead atoms. The topological polar surface area (TPSA) is 96.4 Å². The van der Waals surface area contributed by atoms with Gasteiger partial charge in [0.15, 0.2) is 0 Å². The van der Waals surface area contributed by atoms with Crippen LogP contribution in [0.2, 0.25) is 0 Å². The first kappa shape index (κ1) is 21.4. The third-order valence-corrected chi connectivity index (χ3v) is 6.25. The highest BCUT2D eigenvalue weighted by Crippen LogP contribution is 2.20. The predicted molar refractivity (Wildman–Crippen MR) is 126 cm³/mol. The number of pyridine rings is 3. The first-order valence-electron chi connectivity index (χ1n) is 11.3. The van der Waals surface area contributed by atoms with E-state index in [4.69, 9.17) is 4.42 Å². The Kier molecular flexibility index (Phi) is 6.19. The molecule has 0 aliphatic carbocycles. The van der Waals surface area contributed by atoms with E-state index in [0.29, 0.717) is 23.6 Å². The summed E-state index contributed by atoms with van der Waals surface area (Å²) in [6.45, 7) is 4.09.